The largest absolute Gasteiger partial charge is 0.507 e. The molecular weight excluding hydrogens is 1570 g/mol. The summed E-state index contributed by atoms with van der Waals surface area (Å²) < 4.78 is 101. The second kappa shape index (κ2) is 32.3. The van der Waals surface area contributed by atoms with Crippen molar-refractivity contribution in [3.63, 3.8) is 0 Å². The third-order valence-electron chi connectivity index (χ3n) is 27.5. The standard InChI is InChI=1S/C83H110O36/c1-13-22-80(101)77(117-45-19-16-43(31(5)108-45)114-47-21-24-79(100,34(8)84)35(9)112-47)67(96)70(115-48-27-40(86)59(88)32(6)110-48)38-26-36-25-37-51(61(90)50(36)75(98)82(38,80)102)62(91)55(73(106-12)69(37)104-10)54-63(92)52-53(66(95)72(54)105-11)64(93)56-57(65(52)94)76(99)83(103)58-71(56)119-81(83,23-14-2)78(68(97)74(58)116-49-28-41(87)60(89)33(7)111-49)118-46-20-17-42(30(4)109-46)113-44-18-15-39(85)29(3)107-44/h25,29-33,35,38-49,58-60,67-68,70-71,74,77-78,85-91,93-94,96-97,100-103H,13-24,26-28H2,1-12H3/t29-,30-,31-,32+,33+,35-,38-,39-,40-,41-,42+,43+,44-,45+,46+,47-,48+,49-,58-,59+,60+,67+,68-,70-,71+,74+,77-,78+,79+,80-,81+,82+,83-/m1/s1. The van der Waals surface area contributed by atoms with Crippen LogP contribution >= 0.6 is 0 Å². The van der Waals surface area contributed by atoms with Crippen LogP contribution in [0, 0.1) is 11.8 Å². The minimum absolute atomic E-state index is 0.00463. The molecule has 3 aromatic rings. The summed E-state index contributed by atoms with van der Waals surface area (Å²) in [5.41, 5.74) is -19.7. The van der Waals surface area contributed by atoms with E-state index in [0.29, 0.717) is 12.8 Å². The van der Waals surface area contributed by atoms with E-state index in [9.17, 15) is 81.4 Å². The first kappa shape index (κ1) is 87.5. The topological polar surface area (TPSA) is 536 Å². The Hall–Kier alpha value is -6.35. The Labute approximate surface area is 683 Å². The van der Waals surface area contributed by atoms with Crippen molar-refractivity contribution in [2.24, 2.45) is 11.8 Å². The molecule has 33 atom stereocenters. The first-order valence-corrected chi connectivity index (χ1v) is 41.2. The van der Waals surface area contributed by atoms with Gasteiger partial charge in [-0.15, -0.1) is 0 Å². The monoisotopic (exact) mass is 1680 g/mol. The lowest BCUT2D eigenvalue weighted by Gasteiger charge is -2.60. The first-order chi connectivity index (χ1) is 56.3. The number of benzene rings is 3. The van der Waals surface area contributed by atoms with E-state index in [1.165, 1.54) is 26.8 Å². The number of phenols is 4. The zero-order valence-electron chi connectivity index (χ0n) is 68.1. The van der Waals surface area contributed by atoms with Gasteiger partial charge in [-0.3, -0.25) is 24.0 Å². The zero-order chi connectivity index (χ0) is 86.0. The number of carbonyl (C=O) groups is 5. The molecule has 36 heteroatoms. The van der Waals surface area contributed by atoms with Gasteiger partial charge >= 0.3 is 0 Å². The van der Waals surface area contributed by atoms with Gasteiger partial charge in [0.05, 0.1) is 151 Å². The van der Waals surface area contributed by atoms with Crippen LogP contribution in [0.5, 0.6) is 34.5 Å². The molecule has 658 valence electrons. The van der Waals surface area contributed by atoms with Crippen molar-refractivity contribution >= 4 is 45.3 Å². The number of phenolic OH excluding ortho intramolecular Hbond substituents is 4. The van der Waals surface area contributed by atoms with Crippen LogP contribution < -0.4 is 9.47 Å². The molecule has 15 rings (SSSR count). The molecule has 5 aliphatic carbocycles. The van der Waals surface area contributed by atoms with E-state index in [-0.39, 0.29) is 68.7 Å². The maximum atomic E-state index is 16.4. The second-order valence-electron chi connectivity index (χ2n) is 34.3. The van der Waals surface area contributed by atoms with E-state index in [4.69, 9.17) is 75.8 Å². The van der Waals surface area contributed by atoms with E-state index >= 15 is 19.2 Å². The predicted octanol–water partition coefficient (Wildman–Crippen LogP) is 2.44. The summed E-state index contributed by atoms with van der Waals surface area (Å²) in [7, 11) is 3.11. The number of hydrogen-bond acceptors (Lipinski definition) is 36. The lowest BCUT2D eigenvalue weighted by molar-refractivity contribution is -0.358. The van der Waals surface area contributed by atoms with Crippen LogP contribution in [0.1, 0.15) is 216 Å². The molecule has 9 fully saturated rings. The number of aliphatic hydroxyl groups is 11. The van der Waals surface area contributed by atoms with Gasteiger partial charge in [0.25, 0.3) is 0 Å². The van der Waals surface area contributed by atoms with Crippen molar-refractivity contribution < 1.29 is 176 Å². The van der Waals surface area contributed by atoms with Crippen LogP contribution in [0.4, 0.5) is 0 Å². The minimum Gasteiger partial charge on any atom is -0.507 e. The number of rotatable bonds is 21. The van der Waals surface area contributed by atoms with E-state index in [2.05, 4.69) is 0 Å². The minimum atomic E-state index is -3.20. The van der Waals surface area contributed by atoms with Gasteiger partial charge in [-0.05, 0) is 105 Å². The van der Waals surface area contributed by atoms with Crippen LogP contribution in [0.2, 0.25) is 0 Å². The number of allylic oxidation sites excluding steroid dienone is 2. The number of carbonyl (C=O) groups excluding carboxylic acids is 5. The highest BCUT2D eigenvalue weighted by Crippen LogP contribution is 2.69. The van der Waals surface area contributed by atoms with Gasteiger partial charge in [0.15, 0.2) is 72.0 Å². The van der Waals surface area contributed by atoms with Gasteiger partial charge in [0, 0.05) is 55.4 Å². The SMILES string of the molecule is CCC[C@@]1(O)[C@H](O[C@H]2CC[C@H](O[C@@H]3CC[C@](O)(C(C)=O)[C@@H](C)O3)[C@@H](C)O2)[C@@H](O)[C@H](O[C@H]2C[C@@H](O)[C@@H](O)[C@H](C)O2)[C@H]2Cc3cc4c(OC)c(OC)c(C5=C(OC)C(=O)c6c(O)c7c(c(O)c6C5=O)C(=O)[C@]5(O)[C@H]6[C@H](O[C@@H]8C[C@@H](O)[C@@H](O)[C@H](C)O8)[C@@H](O)[C@H](O[C@H]8CC[C@H](O[C@@H]9CC[C@@H](O)[C@@H](C)O9)[C@@H](C)O8)[C@]5(CCC)O[C@@H]76)c(O)c4c(O)c3C(=O)[C@@]21O. The van der Waals surface area contributed by atoms with Crippen molar-refractivity contribution in [2.45, 2.75) is 346 Å². The van der Waals surface area contributed by atoms with Gasteiger partial charge in [-0.1, -0.05) is 26.7 Å². The third-order valence-corrected chi connectivity index (χ3v) is 27.5. The summed E-state index contributed by atoms with van der Waals surface area (Å²) >= 11 is 0. The van der Waals surface area contributed by atoms with E-state index in [1.54, 1.807) is 41.5 Å². The molecule has 0 amide bonds. The molecule has 0 unspecified atom stereocenters. The fourth-order valence-electron chi connectivity index (χ4n) is 21.2. The molecule has 3 aromatic carbocycles. The molecule has 119 heavy (non-hydrogen) atoms. The summed E-state index contributed by atoms with van der Waals surface area (Å²) in [6.45, 7) is 14.1. The molecule has 4 bridgehead atoms. The van der Waals surface area contributed by atoms with E-state index in [0.717, 1.165) is 21.3 Å². The number of hydrogen-bond donors (Lipinski definition) is 15. The Kier molecular flexibility index (Phi) is 23.8. The predicted molar refractivity (Wildman–Crippen MR) is 402 cm³/mol. The molecule has 36 nitrogen and oxygen atoms in total. The van der Waals surface area contributed by atoms with Crippen LogP contribution in [0.15, 0.2) is 11.8 Å². The number of ketones is 5. The molecule has 2 saturated carbocycles. The molecule has 0 radical (unpaired) electrons. The van der Waals surface area contributed by atoms with Crippen molar-refractivity contribution in [3.8, 4) is 34.5 Å². The van der Waals surface area contributed by atoms with E-state index < -0.39 is 339 Å². The van der Waals surface area contributed by atoms with Crippen LogP contribution in [-0.2, 0) is 77.5 Å². The molecule has 12 aliphatic rings. The average molecular weight is 1680 g/mol. The van der Waals surface area contributed by atoms with Crippen molar-refractivity contribution in [2.75, 3.05) is 21.3 Å². The summed E-state index contributed by atoms with van der Waals surface area (Å²) in [5, 5.41) is 184. The summed E-state index contributed by atoms with van der Waals surface area (Å²) in [6.07, 6.45) is -33.8. The molecule has 15 N–H and O–H groups in total. The Morgan fingerprint density at radius 3 is 1.55 bits per heavy atom. The lowest BCUT2D eigenvalue weighted by atomic mass is 9.53. The third kappa shape index (κ3) is 13.5. The Morgan fingerprint density at radius 2 is 1.01 bits per heavy atom. The number of Topliss-reactive ketones (excluding diaryl/α,β-unsaturated/α-hetero) is 5. The first-order valence-electron chi connectivity index (χ1n) is 41.2. The van der Waals surface area contributed by atoms with Gasteiger partial charge < -0.3 is 152 Å². The molecule has 0 spiro atoms. The van der Waals surface area contributed by atoms with Crippen LogP contribution in [-0.4, -0.2) is 309 Å². The highest BCUT2D eigenvalue weighted by atomic mass is 16.8. The highest BCUT2D eigenvalue weighted by molar-refractivity contribution is 6.43. The van der Waals surface area contributed by atoms with Crippen LogP contribution in [0.25, 0.3) is 16.3 Å². The molecular formula is C83H110O36. The number of fused-ring (bicyclic) bond motifs is 6. The summed E-state index contributed by atoms with van der Waals surface area (Å²) in [4.78, 5) is 77.0. The zero-order valence-corrected chi connectivity index (χ0v) is 68.1. The normalized spacial score (nSPS) is 43.4. The quantitative estimate of drug-likeness (QED) is 0.0681. The maximum absolute atomic E-state index is 16.4. The molecule has 0 aromatic heterocycles. The van der Waals surface area contributed by atoms with Gasteiger partial charge in [-0.2, -0.15) is 0 Å². The molecule has 7 heterocycles. The Balaban J connectivity index is 0.806. The second-order valence-corrected chi connectivity index (χ2v) is 34.3. The smallest absolute Gasteiger partial charge is 0.232 e. The number of aromatic hydroxyl groups is 4. The van der Waals surface area contributed by atoms with Gasteiger partial charge in [-0.25, -0.2) is 0 Å². The Morgan fingerprint density at radius 1 is 0.496 bits per heavy atom. The molecule has 7 saturated heterocycles. The van der Waals surface area contributed by atoms with Gasteiger partial charge in [0.1, 0.15) is 76.4 Å². The fraction of sp³-hybridized carbons (Fsp3) is 0.723. The number of ether oxygens (including phenoxy) is 16. The number of aliphatic hydroxyl groups excluding tert-OH is 7. The van der Waals surface area contributed by atoms with Crippen molar-refractivity contribution in [1.29, 1.82) is 0 Å². The number of methoxy groups -OCH3 is 3. The van der Waals surface area contributed by atoms with E-state index in [1.807, 2.05) is 0 Å². The maximum Gasteiger partial charge on any atom is 0.232 e. The Bertz CT molecular complexity index is 4470. The molecule has 7 aliphatic heterocycles. The van der Waals surface area contributed by atoms with Crippen molar-refractivity contribution in [1.82, 2.24) is 0 Å². The fourth-order valence-corrected chi connectivity index (χ4v) is 21.2. The lowest BCUT2D eigenvalue weighted by Crippen LogP contribution is -2.80. The van der Waals surface area contributed by atoms with Gasteiger partial charge in [0.2, 0.25) is 23.1 Å². The highest BCUT2D eigenvalue weighted by Gasteiger charge is 2.82. The van der Waals surface area contributed by atoms with Crippen molar-refractivity contribution in [3.05, 3.63) is 50.8 Å². The van der Waals surface area contributed by atoms with Crippen LogP contribution in [0.3, 0.4) is 0 Å². The average Bonchev–Trinajstić information content (AvgIpc) is 1.50. The summed E-state index contributed by atoms with van der Waals surface area (Å²) in [6, 6.07) is 1.25. The summed E-state index contributed by atoms with van der Waals surface area (Å²) in [5.74, 6) is -16.7.